The number of esters is 1. The molecule has 0 aromatic heterocycles. The largest absolute Gasteiger partial charge is 0.469 e. The monoisotopic (exact) mass is 272 g/mol. The zero-order chi connectivity index (χ0) is 14.3. The van der Waals surface area contributed by atoms with Crippen LogP contribution >= 0.6 is 0 Å². The van der Waals surface area contributed by atoms with E-state index in [9.17, 15) is 14.3 Å². The molecule has 0 saturated heterocycles. The first-order valence-electron chi connectivity index (χ1n) is 7.18. The highest BCUT2D eigenvalue weighted by Gasteiger charge is 2.32. The Morgan fingerprint density at radius 3 is 2.89 bits per heavy atom. The highest BCUT2D eigenvalue weighted by molar-refractivity contribution is 5.73. The van der Waals surface area contributed by atoms with Crippen LogP contribution in [-0.4, -0.2) is 30.5 Å². The average molecular weight is 272 g/mol. The van der Waals surface area contributed by atoms with Crippen molar-refractivity contribution in [1.82, 2.24) is 0 Å². The van der Waals surface area contributed by atoms with Crippen LogP contribution in [0.4, 0.5) is 4.39 Å². The van der Waals surface area contributed by atoms with Crippen molar-refractivity contribution < 1.29 is 19.0 Å². The lowest BCUT2D eigenvalue weighted by atomic mass is 9.94. The third kappa shape index (κ3) is 4.94. The lowest BCUT2D eigenvalue weighted by molar-refractivity contribution is -0.146. The minimum absolute atomic E-state index is 0.0699. The number of methoxy groups -OCH3 is 1. The normalized spacial score (nSPS) is 26.5. The van der Waals surface area contributed by atoms with Gasteiger partial charge < -0.3 is 9.84 Å². The maximum Gasteiger partial charge on any atom is 0.309 e. The Kier molecular flexibility index (Phi) is 7.06. The molecule has 4 unspecified atom stereocenters. The Labute approximate surface area is 114 Å². The number of aliphatic hydroxyl groups is 1. The van der Waals surface area contributed by atoms with Gasteiger partial charge in [0.2, 0.25) is 0 Å². The fraction of sp³-hybridized carbons (Fsp3) is 0.800. The quantitative estimate of drug-likeness (QED) is 0.572. The van der Waals surface area contributed by atoms with Crippen molar-refractivity contribution in [3.8, 4) is 0 Å². The van der Waals surface area contributed by atoms with E-state index in [0.29, 0.717) is 6.42 Å². The van der Waals surface area contributed by atoms with E-state index in [1.807, 2.05) is 6.92 Å². The van der Waals surface area contributed by atoms with Gasteiger partial charge in [-0.3, -0.25) is 4.79 Å². The molecule has 110 valence electrons. The average Bonchev–Trinajstić information content (AvgIpc) is 2.89. The second-order valence-electron chi connectivity index (χ2n) is 5.26. The van der Waals surface area contributed by atoms with Gasteiger partial charge in [-0.05, 0) is 25.2 Å². The SMILES string of the molecule is CCCCC(F)C(O)/C=C/C1CCCC1C(=O)OC. The molecule has 0 heterocycles. The number of carbonyl (C=O) groups excluding carboxylic acids is 1. The molecule has 1 N–H and O–H groups in total. The molecule has 0 aromatic rings. The van der Waals surface area contributed by atoms with Gasteiger partial charge >= 0.3 is 5.97 Å². The summed E-state index contributed by atoms with van der Waals surface area (Å²) < 4.78 is 18.3. The maximum atomic E-state index is 13.6. The van der Waals surface area contributed by atoms with Gasteiger partial charge in [0.15, 0.2) is 0 Å². The smallest absolute Gasteiger partial charge is 0.309 e. The van der Waals surface area contributed by atoms with E-state index in [0.717, 1.165) is 32.1 Å². The molecule has 0 amide bonds. The second-order valence-corrected chi connectivity index (χ2v) is 5.26. The number of allylic oxidation sites excluding steroid dienone is 1. The summed E-state index contributed by atoms with van der Waals surface area (Å²) >= 11 is 0. The summed E-state index contributed by atoms with van der Waals surface area (Å²) in [5.41, 5.74) is 0. The van der Waals surface area contributed by atoms with Crippen LogP contribution in [0, 0.1) is 11.8 Å². The molecule has 0 aromatic carbocycles. The fourth-order valence-electron chi connectivity index (χ4n) is 2.61. The van der Waals surface area contributed by atoms with Crippen LogP contribution in [0.3, 0.4) is 0 Å². The van der Waals surface area contributed by atoms with Gasteiger partial charge in [0.05, 0.1) is 13.0 Å². The maximum absolute atomic E-state index is 13.6. The highest BCUT2D eigenvalue weighted by Crippen LogP contribution is 2.33. The predicted octanol–water partition coefficient (Wildman–Crippen LogP) is 3.02. The Morgan fingerprint density at radius 2 is 2.26 bits per heavy atom. The van der Waals surface area contributed by atoms with Crippen molar-refractivity contribution in [2.24, 2.45) is 11.8 Å². The van der Waals surface area contributed by atoms with Crippen molar-refractivity contribution in [1.29, 1.82) is 0 Å². The Bertz CT molecular complexity index is 304. The van der Waals surface area contributed by atoms with Crippen molar-refractivity contribution in [2.45, 2.75) is 57.7 Å². The number of unbranched alkanes of at least 4 members (excludes halogenated alkanes) is 1. The first-order valence-corrected chi connectivity index (χ1v) is 7.18. The molecule has 1 fully saturated rings. The third-order valence-electron chi connectivity index (χ3n) is 3.83. The van der Waals surface area contributed by atoms with Crippen LogP contribution in [0.1, 0.15) is 45.4 Å². The van der Waals surface area contributed by atoms with Gasteiger partial charge in [-0.1, -0.05) is 38.3 Å². The summed E-state index contributed by atoms with van der Waals surface area (Å²) in [5, 5.41) is 9.71. The van der Waals surface area contributed by atoms with Crippen molar-refractivity contribution in [3.63, 3.8) is 0 Å². The van der Waals surface area contributed by atoms with Crippen molar-refractivity contribution >= 4 is 5.97 Å². The number of halogens is 1. The number of carbonyl (C=O) groups is 1. The standard InChI is InChI=1S/C15H25FO3/c1-3-4-8-13(16)14(17)10-9-11-6-5-7-12(11)15(18)19-2/h9-14,17H,3-8H2,1-2H3/b10-9+. The summed E-state index contributed by atoms with van der Waals surface area (Å²) in [5.74, 6) is -0.271. The molecule has 3 nitrogen and oxygen atoms in total. The highest BCUT2D eigenvalue weighted by atomic mass is 19.1. The van der Waals surface area contributed by atoms with E-state index >= 15 is 0 Å². The van der Waals surface area contributed by atoms with Gasteiger partial charge in [-0.25, -0.2) is 4.39 Å². The van der Waals surface area contributed by atoms with Crippen LogP contribution in [0.15, 0.2) is 12.2 Å². The Morgan fingerprint density at radius 1 is 1.53 bits per heavy atom. The Hall–Kier alpha value is -0.900. The van der Waals surface area contributed by atoms with E-state index in [1.165, 1.54) is 13.2 Å². The van der Waals surface area contributed by atoms with E-state index in [1.54, 1.807) is 6.08 Å². The second kappa shape index (κ2) is 8.31. The topological polar surface area (TPSA) is 46.5 Å². The molecular weight excluding hydrogens is 247 g/mol. The third-order valence-corrected chi connectivity index (χ3v) is 3.83. The molecule has 1 aliphatic rings. The number of hydrogen-bond donors (Lipinski definition) is 1. The molecule has 0 radical (unpaired) electrons. The summed E-state index contributed by atoms with van der Waals surface area (Å²) in [6.07, 6.45) is 5.78. The minimum atomic E-state index is -1.21. The summed E-state index contributed by atoms with van der Waals surface area (Å²) in [7, 11) is 1.39. The number of alkyl halides is 1. The van der Waals surface area contributed by atoms with Crippen molar-refractivity contribution in [2.75, 3.05) is 7.11 Å². The lowest BCUT2D eigenvalue weighted by Crippen LogP contribution is -2.21. The molecule has 1 rings (SSSR count). The minimum Gasteiger partial charge on any atom is -0.469 e. The summed E-state index contributed by atoms with van der Waals surface area (Å²) in [6.45, 7) is 1.99. The van der Waals surface area contributed by atoms with E-state index in [4.69, 9.17) is 4.74 Å². The predicted molar refractivity (Wildman–Crippen MR) is 72.4 cm³/mol. The number of hydrogen-bond acceptors (Lipinski definition) is 3. The molecule has 19 heavy (non-hydrogen) atoms. The molecule has 1 saturated carbocycles. The fourth-order valence-corrected chi connectivity index (χ4v) is 2.61. The van der Waals surface area contributed by atoms with Crippen LogP contribution in [0.25, 0.3) is 0 Å². The Balaban J connectivity index is 2.48. The van der Waals surface area contributed by atoms with E-state index in [-0.39, 0.29) is 17.8 Å². The van der Waals surface area contributed by atoms with Crippen molar-refractivity contribution in [3.05, 3.63) is 12.2 Å². The molecule has 1 aliphatic carbocycles. The van der Waals surface area contributed by atoms with Crippen LogP contribution in [0.5, 0.6) is 0 Å². The molecule has 0 aliphatic heterocycles. The molecule has 4 heteroatoms. The molecule has 0 bridgehead atoms. The summed E-state index contributed by atoms with van der Waals surface area (Å²) in [6, 6.07) is 0. The lowest BCUT2D eigenvalue weighted by Gasteiger charge is -2.15. The number of aliphatic hydroxyl groups excluding tert-OH is 1. The zero-order valence-corrected chi connectivity index (χ0v) is 11.8. The van der Waals surface area contributed by atoms with E-state index < -0.39 is 12.3 Å². The number of rotatable bonds is 7. The molecule has 0 spiro atoms. The van der Waals surface area contributed by atoms with Gasteiger partial charge in [-0.15, -0.1) is 0 Å². The zero-order valence-electron chi connectivity index (χ0n) is 11.8. The number of ether oxygens (including phenoxy) is 1. The summed E-state index contributed by atoms with van der Waals surface area (Å²) in [4.78, 5) is 11.6. The van der Waals surface area contributed by atoms with Gasteiger partial charge in [0.1, 0.15) is 12.3 Å². The van der Waals surface area contributed by atoms with Crippen LogP contribution in [-0.2, 0) is 9.53 Å². The van der Waals surface area contributed by atoms with Crippen LogP contribution < -0.4 is 0 Å². The van der Waals surface area contributed by atoms with Gasteiger partial charge in [-0.2, -0.15) is 0 Å². The van der Waals surface area contributed by atoms with Crippen LogP contribution in [0.2, 0.25) is 0 Å². The first-order chi connectivity index (χ1) is 9.10. The molecular formula is C15H25FO3. The molecule has 4 atom stereocenters. The van der Waals surface area contributed by atoms with E-state index in [2.05, 4.69) is 0 Å². The van der Waals surface area contributed by atoms with Gasteiger partial charge in [0, 0.05) is 0 Å². The first kappa shape index (κ1) is 16.2. The van der Waals surface area contributed by atoms with Gasteiger partial charge in [0.25, 0.3) is 0 Å².